The molecule has 2 aromatic carbocycles. The molecule has 3 aromatic rings. The third-order valence-electron chi connectivity index (χ3n) is 5.40. The number of fused-ring (bicyclic) bond motifs is 1. The number of thiazole rings is 1. The van der Waals surface area contributed by atoms with Crippen LogP contribution in [0, 0.1) is 12.8 Å². The Morgan fingerprint density at radius 1 is 1.26 bits per heavy atom. The van der Waals surface area contributed by atoms with Gasteiger partial charge in [-0.3, -0.25) is 14.5 Å². The average molecular weight is 437 g/mol. The van der Waals surface area contributed by atoms with Crippen molar-refractivity contribution in [2.24, 2.45) is 5.92 Å². The minimum Gasteiger partial charge on any atom is -0.503 e. The van der Waals surface area contributed by atoms with Gasteiger partial charge in [0, 0.05) is 18.7 Å². The van der Waals surface area contributed by atoms with E-state index in [1.807, 2.05) is 49.4 Å². The number of anilines is 1. The lowest BCUT2D eigenvalue weighted by molar-refractivity contribution is -0.119. The highest BCUT2D eigenvalue weighted by molar-refractivity contribution is 7.18. The molecule has 0 saturated carbocycles. The summed E-state index contributed by atoms with van der Waals surface area (Å²) in [6.45, 7) is 5.78. The molecule has 1 aromatic heterocycles. The molecule has 1 N–H and O–H groups in total. The zero-order chi connectivity index (χ0) is 22.3. The van der Waals surface area contributed by atoms with Gasteiger partial charge < -0.3 is 9.84 Å². The molecule has 6 nitrogen and oxygen atoms in total. The quantitative estimate of drug-likeness (QED) is 0.596. The largest absolute Gasteiger partial charge is 0.503 e. The molecular formula is C24H24N2O4S. The highest BCUT2D eigenvalue weighted by Gasteiger charge is 2.45. The molecule has 160 valence electrons. The zero-order valence-corrected chi connectivity index (χ0v) is 18.7. The Labute approximate surface area is 184 Å². The number of nitrogens with zero attached hydrogens (tertiary/aromatic N) is 2. The van der Waals surface area contributed by atoms with Crippen LogP contribution in [-0.2, 0) is 20.9 Å². The smallest absolute Gasteiger partial charge is 0.294 e. The monoisotopic (exact) mass is 436 g/mol. The molecule has 0 bridgehead atoms. The van der Waals surface area contributed by atoms with Crippen molar-refractivity contribution in [1.82, 2.24) is 4.98 Å². The van der Waals surface area contributed by atoms with Crippen LogP contribution in [0.1, 0.15) is 36.0 Å². The number of rotatable bonds is 6. The normalized spacial score (nSPS) is 16.7. The fourth-order valence-corrected chi connectivity index (χ4v) is 4.80. The number of aliphatic hydroxyl groups excluding tert-OH is 1. The molecule has 2 heterocycles. The predicted molar refractivity (Wildman–Crippen MR) is 121 cm³/mol. The fraction of sp³-hybridized carbons (Fsp3) is 0.292. The van der Waals surface area contributed by atoms with Crippen molar-refractivity contribution in [2.75, 3.05) is 12.0 Å². The van der Waals surface area contributed by atoms with E-state index in [4.69, 9.17) is 4.74 Å². The predicted octanol–water partition coefficient (Wildman–Crippen LogP) is 4.88. The van der Waals surface area contributed by atoms with E-state index in [2.05, 4.69) is 4.98 Å². The summed E-state index contributed by atoms with van der Waals surface area (Å²) in [4.78, 5) is 32.4. The average Bonchev–Trinajstić information content (AvgIpc) is 3.24. The number of methoxy groups -OCH3 is 1. The van der Waals surface area contributed by atoms with Crippen LogP contribution < -0.4 is 4.90 Å². The van der Waals surface area contributed by atoms with Crippen molar-refractivity contribution in [2.45, 2.75) is 33.4 Å². The molecule has 4 rings (SSSR count). The first-order valence-corrected chi connectivity index (χ1v) is 10.9. The molecule has 1 aliphatic heterocycles. The van der Waals surface area contributed by atoms with E-state index in [0.717, 1.165) is 26.4 Å². The van der Waals surface area contributed by atoms with E-state index in [-0.39, 0.29) is 17.3 Å². The second-order valence-corrected chi connectivity index (χ2v) is 9.11. The first-order chi connectivity index (χ1) is 14.8. The number of carbonyl (C=O) groups is 2. The van der Waals surface area contributed by atoms with Gasteiger partial charge in [0.05, 0.1) is 33.4 Å². The van der Waals surface area contributed by atoms with E-state index in [1.165, 1.54) is 4.90 Å². The summed E-state index contributed by atoms with van der Waals surface area (Å²) in [6, 6.07) is 12.4. The Kier molecular flexibility index (Phi) is 5.64. The number of hydrogen-bond acceptors (Lipinski definition) is 6. The van der Waals surface area contributed by atoms with Crippen LogP contribution in [0.5, 0.6) is 0 Å². The number of carbonyl (C=O) groups excluding carboxylic acids is 2. The van der Waals surface area contributed by atoms with E-state index >= 15 is 0 Å². The number of aromatic nitrogens is 1. The number of Topliss-reactive ketones (excluding diaryl/α,β-unsaturated/α-hetero) is 1. The highest BCUT2D eigenvalue weighted by atomic mass is 32.1. The van der Waals surface area contributed by atoms with Crippen molar-refractivity contribution < 1.29 is 19.4 Å². The first-order valence-electron chi connectivity index (χ1n) is 10.1. The molecule has 0 radical (unpaired) electrons. The maximum absolute atomic E-state index is 13.3. The van der Waals surface area contributed by atoms with Gasteiger partial charge in [0.2, 0.25) is 0 Å². The highest BCUT2D eigenvalue weighted by Crippen LogP contribution is 2.43. The third-order valence-corrected chi connectivity index (χ3v) is 6.36. The Balaban J connectivity index is 1.93. The Bertz CT molecular complexity index is 1210. The molecule has 31 heavy (non-hydrogen) atoms. The molecule has 1 amide bonds. The fourth-order valence-electron chi connectivity index (χ4n) is 4.00. The topological polar surface area (TPSA) is 79.7 Å². The van der Waals surface area contributed by atoms with Crippen molar-refractivity contribution in [1.29, 1.82) is 0 Å². The van der Waals surface area contributed by atoms with Gasteiger partial charge in [0.25, 0.3) is 5.91 Å². The first kappa shape index (κ1) is 21.2. The molecule has 1 atom stereocenters. The second-order valence-electron chi connectivity index (χ2n) is 7.88. The van der Waals surface area contributed by atoms with E-state index in [9.17, 15) is 14.7 Å². The Hall–Kier alpha value is -3.03. The summed E-state index contributed by atoms with van der Waals surface area (Å²) in [6.07, 6.45) is 0. The van der Waals surface area contributed by atoms with Crippen molar-refractivity contribution >= 4 is 38.9 Å². The summed E-state index contributed by atoms with van der Waals surface area (Å²) < 4.78 is 6.36. The van der Waals surface area contributed by atoms with Crippen LogP contribution in [-0.4, -0.2) is 28.9 Å². The zero-order valence-electron chi connectivity index (χ0n) is 17.9. The number of benzene rings is 2. The summed E-state index contributed by atoms with van der Waals surface area (Å²) >= 11 is 1.58. The van der Waals surface area contributed by atoms with Crippen LogP contribution in [0.4, 0.5) is 5.69 Å². The standard InChI is InChI=1S/C24H24N2O4S/c1-13(2)22(27)20-21(17-8-6-5-7-15(17)12-30-4)26(24(29)23(20)28)16-9-10-19-18(11-16)25-14(3)31-19/h5-11,13,21,28H,12H2,1-4H3. The van der Waals surface area contributed by atoms with E-state index in [0.29, 0.717) is 12.3 Å². The SMILES string of the molecule is COCc1ccccc1C1C(C(=O)C(C)C)=C(O)C(=O)N1c1ccc2sc(C)nc2c1. The lowest BCUT2D eigenvalue weighted by atomic mass is 9.89. The Morgan fingerprint density at radius 3 is 2.71 bits per heavy atom. The number of hydrogen-bond donors (Lipinski definition) is 1. The van der Waals surface area contributed by atoms with Gasteiger partial charge in [-0.15, -0.1) is 11.3 Å². The molecule has 0 fully saturated rings. The molecular weight excluding hydrogens is 412 g/mol. The van der Waals surface area contributed by atoms with E-state index < -0.39 is 17.7 Å². The second kappa shape index (κ2) is 8.24. The number of aryl methyl sites for hydroxylation is 1. The molecule has 0 aliphatic carbocycles. The van der Waals surface area contributed by atoms with Crippen LogP contribution in [0.2, 0.25) is 0 Å². The molecule has 1 unspecified atom stereocenters. The summed E-state index contributed by atoms with van der Waals surface area (Å²) in [7, 11) is 1.60. The van der Waals surface area contributed by atoms with Gasteiger partial charge in [-0.25, -0.2) is 4.98 Å². The van der Waals surface area contributed by atoms with Gasteiger partial charge in [-0.1, -0.05) is 38.1 Å². The van der Waals surface area contributed by atoms with E-state index in [1.54, 1.807) is 32.3 Å². The molecule has 0 saturated heterocycles. The van der Waals surface area contributed by atoms with Gasteiger partial charge in [-0.2, -0.15) is 0 Å². The van der Waals surface area contributed by atoms with Crippen molar-refractivity contribution in [3.63, 3.8) is 0 Å². The Morgan fingerprint density at radius 2 is 2.00 bits per heavy atom. The molecule has 0 spiro atoms. The number of ketones is 1. The number of aliphatic hydroxyl groups is 1. The summed E-state index contributed by atoms with van der Waals surface area (Å²) in [5.41, 5.74) is 3.08. The minimum atomic E-state index is -0.745. The maximum atomic E-state index is 13.3. The molecule has 1 aliphatic rings. The lowest BCUT2D eigenvalue weighted by Crippen LogP contribution is -2.32. The van der Waals surface area contributed by atoms with Crippen LogP contribution in [0.15, 0.2) is 53.8 Å². The summed E-state index contributed by atoms with van der Waals surface area (Å²) in [5, 5.41) is 11.7. The van der Waals surface area contributed by atoms with Crippen LogP contribution in [0.25, 0.3) is 10.2 Å². The van der Waals surface area contributed by atoms with Crippen molar-refractivity contribution in [3.05, 3.63) is 69.9 Å². The number of amides is 1. The third kappa shape index (κ3) is 3.64. The number of ether oxygens (including phenoxy) is 1. The lowest BCUT2D eigenvalue weighted by Gasteiger charge is -2.29. The summed E-state index contributed by atoms with van der Waals surface area (Å²) in [5.74, 6) is -1.71. The van der Waals surface area contributed by atoms with Gasteiger partial charge >= 0.3 is 0 Å². The maximum Gasteiger partial charge on any atom is 0.294 e. The van der Waals surface area contributed by atoms with Gasteiger partial charge in [0.15, 0.2) is 11.5 Å². The minimum absolute atomic E-state index is 0.123. The van der Waals surface area contributed by atoms with Gasteiger partial charge in [-0.05, 0) is 36.2 Å². The van der Waals surface area contributed by atoms with Crippen LogP contribution >= 0.6 is 11.3 Å². The van der Waals surface area contributed by atoms with Crippen LogP contribution in [0.3, 0.4) is 0 Å². The van der Waals surface area contributed by atoms with Crippen molar-refractivity contribution in [3.8, 4) is 0 Å². The van der Waals surface area contributed by atoms with Gasteiger partial charge in [0.1, 0.15) is 0 Å². The molecule has 7 heteroatoms.